The summed E-state index contributed by atoms with van der Waals surface area (Å²) < 4.78 is 0. The van der Waals surface area contributed by atoms with Crippen LogP contribution in [0.3, 0.4) is 0 Å². The highest BCUT2D eigenvalue weighted by Gasteiger charge is 2.41. The van der Waals surface area contributed by atoms with Gasteiger partial charge in [0.25, 0.3) is 0 Å². The predicted molar refractivity (Wildman–Crippen MR) is 77.2 cm³/mol. The Kier molecular flexibility index (Phi) is 3.20. The number of carboxylic acid groups (broad SMARTS) is 2. The molecule has 0 bridgehead atoms. The van der Waals surface area contributed by atoms with Crippen LogP contribution in [0, 0.1) is 0 Å². The predicted octanol–water partition coefficient (Wildman–Crippen LogP) is 2.57. The molecule has 0 saturated carbocycles. The Hall–Kier alpha value is -2.30. The smallest absolute Gasteiger partial charge is 0.407 e. The van der Waals surface area contributed by atoms with Gasteiger partial charge in [-0.25, -0.2) is 9.59 Å². The Morgan fingerprint density at radius 1 is 1.10 bits per heavy atom. The highest BCUT2D eigenvalue weighted by molar-refractivity contribution is 6.16. The average molecular weight is 287 g/mol. The highest BCUT2D eigenvalue weighted by Crippen LogP contribution is 2.45. The zero-order valence-corrected chi connectivity index (χ0v) is 11.6. The SMILES string of the molecule is O=C(O)C1=CCC2(CCN(C(=O)O)CC2)c2ccccc21. The van der Waals surface area contributed by atoms with Gasteiger partial charge in [-0.05, 0) is 30.4 Å². The first-order chi connectivity index (χ1) is 10.0. The Morgan fingerprint density at radius 2 is 1.76 bits per heavy atom. The third-order valence-electron chi connectivity index (χ3n) is 4.71. The molecule has 3 rings (SSSR count). The fraction of sp³-hybridized carbons (Fsp3) is 0.375. The second-order valence-corrected chi connectivity index (χ2v) is 5.72. The molecule has 1 aliphatic carbocycles. The molecule has 1 heterocycles. The summed E-state index contributed by atoms with van der Waals surface area (Å²) in [6.45, 7) is 1.000. The van der Waals surface area contributed by atoms with Crippen LogP contribution in [-0.4, -0.2) is 40.3 Å². The molecule has 0 atom stereocenters. The van der Waals surface area contributed by atoms with Crippen LogP contribution in [-0.2, 0) is 10.2 Å². The topological polar surface area (TPSA) is 77.8 Å². The van der Waals surface area contributed by atoms with Gasteiger partial charge in [-0.3, -0.25) is 0 Å². The van der Waals surface area contributed by atoms with E-state index in [4.69, 9.17) is 5.11 Å². The Labute approximate surface area is 122 Å². The van der Waals surface area contributed by atoms with Crippen molar-refractivity contribution in [1.29, 1.82) is 0 Å². The third-order valence-corrected chi connectivity index (χ3v) is 4.71. The number of carbonyl (C=O) groups is 2. The number of benzene rings is 1. The van der Waals surface area contributed by atoms with Gasteiger partial charge in [0.15, 0.2) is 0 Å². The molecular formula is C16H17NO4. The lowest BCUT2D eigenvalue weighted by atomic mass is 9.65. The highest BCUT2D eigenvalue weighted by atomic mass is 16.4. The molecule has 1 fully saturated rings. The van der Waals surface area contributed by atoms with Crippen molar-refractivity contribution < 1.29 is 19.8 Å². The van der Waals surface area contributed by atoms with E-state index in [1.54, 1.807) is 6.08 Å². The van der Waals surface area contributed by atoms with Gasteiger partial charge in [-0.1, -0.05) is 30.3 Å². The summed E-state index contributed by atoms with van der Waals surface area (Å²) in [5.41, 5.74) is 2.06. The van der Waals surface area contributed by atoms with Crippen molar-refractivity contribution in [2.24, 2.45) is 0 Å². The molecule has 1 aromatic carbocycles. The zero-order valence-electron chi connectivity index (χ0n) is 11.6. The van der Waals surface area contributed by atoms with E-state index >= 15 is 0 Å². The molecule has 0 radical (unpaired) electrons. The van der Waals surface area contributed by atoms with Gasteiger partial charge < -0.3 is 15.1 Å². The van der Waals surface area contributed by atoms with Gasteiger partial charge in [-0.2, -0.15) is 0 Å². The van der Waals surface area contributed by atoms with Crippen LogP contribution in [0.25, 0.3) is 5.57 Å². The van der Waals surface area contributed by atoms with E-state index in [0.717, 1.165) is 24.0 Å². The number of piperidine rings is 1. The van der Waals surface area contributed by atoms with Crippen LogP contribution in [0.4, 0.5) is 4.79 Å². The van der Waals surface area contributed by atoms with Crippen molar-refractivity contribution in [1.82, 2.24) is 4.90 Å². The number of hydrogen-bond donors (Lipinski definition) is 2. The van der Waals surface area contributed by atoms with E-state index in [2.05, 4.69) is 0 Å². The summed E-state index contributed by atoms with van der Waals surface area (Å²) in [6, 6.07) is 7.61. The molecule has 1 aliphatic heterocycles. The molecule has 2 N–H and O–H groups in total. The molecule has 1 saturated heterocycles. The van der Waals surface area contributed by atoms with E-state index in [0.29, 0.717) is 25.1 Å². The Morgan fingerprint density at radius 3 is 2.38 bits per heavy atom. The van der Waals surface area contributed by atoms with E-state index < -0.39 is 12.1 Å². The number of hydrogen-bond acceptors (Lipinski definition) is 2. The van der Waals surface area contributed by atoms with Gasteiger partial charge in [-0.15, -0.1) is 0 Å². The number of amides is 1. The van der Waals surface area contributed by atoms with Crippen LogP contribution < -0.4 is 0 Å². The second kappa shape index (κ2) is 4.91. The summed E-state index contributed by atoms with van der Waals surface area (Å²) in [5, 5.41) is 18.4. The first-order valence-corrected chi connectivity index (χ1v) is 7.05. The molecule has 110 valence electrons. The van der Waals surface area contributed by atoms with Crippen LogP contribution in [0.5, 0.6) is 0 Å². The Bertz CT molecular complexity index is 627. The van der Waals surface area contributed by atoms with Gasteiger partial charge in [0, 0.05) is 18.5 Å². The average Bonchev–Trinajstić information content (AvgIpc) is 2.48. The monoisotopic (exact) mass is 287 g/mol. The van der Waals surface area contributed by atoms with Crippen LogP contribution in [0.1, 0.15) is 30.4 Å². The number of aliphatic carboxylic acids is 1. The molecule has 5 nitrogen and oxygen atoms in total. The van der Waals surface area contributed by atoms with Crippen LogP contribution in [0.15, 0.2) is 30.3 Å². The molecule has 21 heavy (non-hydrogen) atoms. The first-order valence-electron chi connectivity index (χ1n) is 7.05. The van der Waals surface area contributed by atoms with Crippen molar-refractivity contribution >= 4 is 17.6 Å². The molecule has 5 heteroatoms. The minimum atomic E-state index is -0.903. The maximum atomic E-state index is 11.4. The zero-order chi connectivity index (χ0) is 15.0. The van der Waals surface area contributed by atoms with Gasteiger partial charge >= 0.3 is 12.1 Å². The second-order valence-electron chi connectivity index (χ2n) is 5.72. The number of likely N-dealkylation sites (tertiary alicyclic amines) is 1. The molecule has 1 spiro atoms. The van der Waals surface area contributed by atoms with Gasteiger partial charge in [0.2, 0.25) is 0 Å². The molecule has 0 unspecified atom stereocenters. The summed E-state index contributed by atoms with van der Waals surface area (Å²) in [6.07, 6.45) is 3.05. The molecule has 1 amide bonds. The minimum Gasteiger partial charge on any atom is -0.478 e. The summed E-state index contributed by atoms with van der Waals surface area (Å²) in [5.74, 6) is -0.903. The third kappa shape index (κ3) is 2.18. The van der Waals surface area contributed by atoms with Crippen molar-refractivity contribution in [2.45, 2.75) is 24.7 Å². The normalized spacial score (nSPS) is 19.8. The quantitative estimate of drug-likeness (QED) is 0.832. The van der Waals surface area contributed by atoms with Crippen molar-refractivity contribution in [3.8, 4) is 0 Å². The van der Waals surface area contributed by atoms with E-state index in [1.807, 2.05) is 24.3 Å². The fourth-order valence-corrected chi connectivity index (χ4v) is 3.50. The van der Waals surface area contributed by atoms with E-state index in [1.165, 1.54) is 4.90 Å². The van der Waals surface area contributed by atoms with E-state index in [-0.39, 0.29) is 5.41 Å². The maximum absolute atomic E-state index is 11.4. The molecule has 0 aromatic heterocycles. The van der Waals surface area contributed by atoms with Gasteiger partial charge in [0.05, 0.1) is 5.57 Å². The fourth-order valence-electron chi connectivity index (χ4n) is 3.50. The summed E-state index contributed by atoms with van der Waals surface area (Å²) >= 11 is 0. The number of rotatable bonds is 1. The Balaban J connectivity index is 1.97. The number of fused-ring (bicyclic) bond motifs is 2. The lowest BCUT2D eigenvalue weighted by Gasteiger charge is -2.43. The lowest BCUT2D eigenvalue weighted by molar-refractivity contribution is -0.130. The summed E-state index contributed by atoms with van der Waals surface area (Å²) in [7, 11) is 0. The van der Waals surface area contributed by atoms with E-state index in [9.17, 15) is 14.7 Å². The first kappa shape index (κ1) is 13.7. The lowest BCUT2D eigenvalue weighted by Crippen LogP contribution is -2.45. The molecule has 2 aliphatic rings. The molecular weight excluding hydrogens is 270 g/mol. The largest absolute Gasteiger partial charge is 0.478 e. The maximum Gasteiger partial charge on any atom is 0.407 e. The van der Waals surface area contributed by atoms with Gasteiger partial charge in [0.1, 0.15) is 0 Å². The van der Waals surface area contributed by atoms with Crippen molar-refractivity contribution in [2.75, 3.05) is 13.1 Å². The van der Waals surface area contributed by atoms with Crippen molar-refractivity contribution in [3.05, 3.63) is 41.5 Å². The number of allylic oxidation sites excluding steroid dienone is 1. The summed E-state index contributed by atoms with van der Waals surface area (Å²) in [4.78, 5) is 23.9. The molecule has 1 aromatic rings. The number of nitrogens with zero attached hydrogens (tertiary/aromatic N) is 1. The van der Waals surface area contributed by atoms with Crippen LogP contribution >= 0.6 is 0 Å². The van der Waals surface area contributed by atoms with Crippen molar-refractivity contribution in [3.63, 3.8) is 0 Å². The standard InChI is InChI=1S/C16H17NO4/c18-14(19)12-5-6-16(13-4-2-1-3-11(12)13)7-9-17(10-8-16)15(20)21/h1-5H,6-10H2,(H,18,19)(H,20,21). The minimum absolute atomic E-state index is 0.124. The number of carboxylic acids is 1. The van der Waals surface area contributed by atoms with Crippen LogP contribution in [0.2, 0.25) is 0 Å².